The summed E-state index contributed by atoms with van der Waals surface area (Å²) in [5, 5.41) is 8.37. The third kappa shape index (κ3) is 2.79. The SMILES string of the molecule is Cc1c(C(=O)N2CC(c3nc(C(C)C)no3)C2)cnn1-c1ccccc1. The predicted octanol–water partition coefficient (Wildman–Crippen LogP) is 2.93. The van der Waals surface area contributed by atoms with E-state index in [1.165, 1.54) is 0 Å². The molecular weight excluding hydrogens is 330 g/mol. The van der Waals surface area contributed by atoms with Crippen LogP contribution in [0.25, 0.3) is 5.69 Å². The zero-order chi connectivity index (χ0) is 18.3. The first-order valence-electron chi connectivity index (χ1n) is 8.77. The van der Waals surface area contributed by atoms with Crippen molar-refractivity contribution in [3.8, 4) is 5.69 Å². The van der Waals surface area contributed by atoms with Crippen LogP contribution < -0.4 is 0 Å². The van der Waals surface area contributed by atoms with Crippen LogP contribution in [0, 0.1) is 6.92 Å². The quantitative estimate of drug-likeness (QED) is 0.722. The summed E-state index contributed by atoms with van der Waals surface area (Å²) in [4.78, 5) is 19.0. The maximum absolute atomic E-state index is 12.8. The molecule has 2 aromatic heterocycles. The first-order chi connectivity index (χ1) is 12.5. The van der Waals surface area contributed by atoms with Crippen LogP contribution in [-0.4, -0.2) is 43.8 Å². The fraction of sp³-hybridized carbons (Fsp3) is 0.368. The lowest BCUT2D eigenvalue weighted by Crippen LogP contribution is -2.48. The average molecular weight is 351 g/mol. The molecule has 0 bridgehead atoms. The number of para-hydroxylation sites is 1. The first-order valence-corrected chi connectivity index (χ1v) is 8.77. The highest BCUT2D eigenvalue weighted by Gasteiger charge is 2.37. The Labute approximate surface area is 151 Å². The van der Waals surface area contributed by atoms with E-state index in [0.717, 1.165) is 11.4 Å². The second-order valence-electron chi connectivity index (χ2n) is 6.94. The summed E-state index contributed by atoms with van der Waals surface area (Å²) >= 11 is 0. The van der Waals surface area contributed by atoms with E-state index in [0.29, 0.717) is 30.4 Å². The first kappa shape index (κ1) is 16.5. The van der Waals surface area contributed by atoms with Crippen LogP contribution in [0.15, 0.2) is 41.1 Å². The summed E-state index contributed by atoms with van der Waals surface area (Å²) in [6.45, 7) is 7.15. The van der Waals surface area contributed by atoms with Gasteiger partial charge >= 0.3 is 0 Å². The molecule has 0 unspecified atom stereocenters. The number of hydrogen-bond acceptors (Lipinski definition) is 5. The predicted molar refractivity (Wildman–Crippen MR) is 95.3 cm³/mol. The molecule has 4 rings (SSSR count). The lowest BCUT2D eigenvalue weighted by molar-refractivity contribution is 0.0568. The number of carbonyl (C=O) groups excluding carboxylic acids is 1. The van der Waals surface area contributed by atoms with Gasteiger partial charge in [-0.2, -0.15) is 10.1 Å². The van der Waals surface area contributed by atoms with Crippen molar-refractivity contribution < 1.29 is 9.32 Å². The molecule has 0 atom stereocenters. The molecule has 0 saturated carbocycles. The lowest BCUT2D eigenvalue weighted by atomic mass is 9.99. The Bertz CT molecular complexity index is 923. The van der Waals surface area contributed by atoms with Crippen molar-refractivity contribution in [2.75, 3.05) is 13.1 Å². The van der Waals surface area contributed by atoms with Gasteiger partial charge in [-0.15, -0.1) is 0 Å². The molecule has 3 heterocycles. The maximum atomic E-state index is 12.8. The molecule has 26 heavy (non-hydrogen) atoms. The van der Waals surface area contributed by atoms with E-state index in [1.807, 2.05) is 51.1 Å². The minimum Gasteiger partial charge on any atom is -0.339 e. The van der Waals surface area contributed by atoms with E-state index < -0.39 is 0 Å². The van der Waals surface area contributed by atoms with Crippen LogP contribution in [0.1, 0.15) is 53.5 Å². The molecule has 7 nitrogen and oxygen atoms in total. The van der Waals surface area contributed by atoms with Crippen LogP contribution in [0.5, 0.6) is 0 Å². The normalized spacial score (nSPS) is 14.7. The van der Waals surface area contributed by atoms with Crippen molar-refractivity contribution in [3.63, 3.8) is 0 Å². The third-order valence-corrected chi connectivity index (χ3v) is 4.73. The number of benzene rings is 1. The Morgan fingerprint density at radius 1 is 1.23 bits per heavy atom. The summed E-state index contributed by atoms with van der Waals surface area (Å²) in [5.41, 5.74) is 2.41. The van der Waals surface area contributed by atoms with Gasteiger partial charge in [0.15, 0.2) is 5.82 Å². The second kappa shape index (κ2) is 6.40. The highest BCUT2D eigenvalue weighted by atomic mass is 16.5. The number of likely N-dealkylation sites (tertiary alicyclic amines) is 1. The van der Waals surface area contributed by atoms with E-state index in [9.17, 15) is 4.79 Å². The van der Waals surface area contributed by atoms with Crippen LogP contribution in [0.3, 0.4) is 0 Å². The van der Waals surface area contributed by atoms with Crippen LogP contribution in [-0.2, 0) is 0 Å². The summed E-state index contributed by atoms with van der Waals surface area (Å²) in [6, 6.07) is 9.80. The summed E-state index contributed by atoms with van der Waals surface area (Å²) in [7, 11) is 0. The van der Waals surface area contributed by atoms with E-state index >= 15 is 0 Å². The molecule has 1 aliphatic heterocycles. The molecule has 134 valence electrons. The van der Waals surface area contributed by atoms with Gasteiger partial charge in [0.1, 0.15) is 0 Å². The number of amides is 1. The average Bonchev–Trinajstić information content (AvgIpc) is 3.21. The molecule has 0 N–H and O–H groups in total. The number of aromatic nitrogens is 4. The van der Waals surface area contributed by atoms with Crippen molar-refractivity contribution in [3.05, 3.63) is 59.5 Å². The minimum atomic E-state index is -0.00969. The van der Waals surface area contributed by atoms with Crippen LogP contribution in [0.2, 0.25) is 0 Å². The topological polar surface area (TPSA) is 77.1 Å². The molecular formula is C19H21N5O2. The van der Waals surface area contributed by atoms with Crippen molar-refractivity contribution in [2.45, 2.75) is 32.6 Å². The zero-order valence-electron chi connectivity index (χ0n) is 15.1. The number of rotatable bonds is 4. The van der Waals surface area contributed by atoms with Gasteiger partial charge in [-0.05, 0) is 19.1 Å². The molecule has 0 spiro atoms. The van der Waals surface area contributed by atoms with E-state index in [2.05, 4.69) is 15.2 Å². The van der Waals surface area contributed by atoms with E-state index in [4.69, 9.17) is 4.52 Å². The van der Waals surface area contributed by atoms with Crippen molar-refractivity contribution in [1.82, 2.24) is 24.8 Å². The van der Waals surface area contributed by atoms with Crippen molar-refractivity contribution in [2.24, 2.45) is 0 Å². The number of hydrogen-bond donors (Lipinski definition) is 0. The second-order valence-corrected chi connectivity index (χ2v) is 6.94. The fourth-order valence-corrected chi connectivity index (χ4v) is 3.07. The third-order valence-electron chi connectivity index (χ3n) is 4.73. The van der Waals surface area contributed by atoms with Gasteiger partial charge in [0.2, 0.25) is 5.89 Å². The van der Waals surface area contributed by atoms with Gasteiger partial charge in [0.25, 0.3) is 5.91 Å². The highest BCUT2D eigenvalue weighted by Crippen LogP contribution is 2.29. The minimum absolute atomic E-state index is 0.00969. The molecule has 1 amide bonds. The lowest BCUT2D eigenvalue weighted by Gasteiger charge is -2.37. The molecule has 0 aliphatic carbocycles. The molecule has 1 aliphatic rings. The van der Waals surface area contributed by atoms with Gasteiger partial charge in [-0.25, -0.2) is 4.68 Å². The van der Waals surface area contributed by atoms with Gasteiger partial charge in [-0.1, -0.05) is 37.2 Å². The van der Waals surface area contributed by atoms with Gasteiger partial charge in [0, 0.05) is 19.0 Å². The van der Waals surface area contributed by atoms with Crippen molar-refractivity contribution >= 4 is 5.91 Å². The standard InChI is InChI=1S/C19H21N5O2/c1-12(2)17-21-18(26-22-17)14-10-23(11-14)19(25)16-9-20-24(13(16)3)15-7-5-4-6-8-15/h4-9,12,14H,10-11H2,1-3H3. The Kier molecular flexibility index (Phi) is 4.06. The molecule has 1 saturated heterocycles. The Morgan fingerprint density at radius 3 is 2.62 bits per heavy atom. The molecule has 0 radical (unpaired) electrons. The Morgan fingerprint density at radius 2 is 1.96 bits per heavy atom. The number of carbonyl (C=O) groups is 1. The Balaban J connectivity index is 1.46. The smallest absolute Gasteiger partial charge is 0.257 e. The van der Waals surface area contributed by atoms with Crippen molar-refractivity contribution in [1.29, 1.82) is 0 Å². The fourth-order valence-electron chi connectivity index (χ4n) is 3.07. The molecule has 3 aromatic rings. The van der Waals surface area contributed by atoms with Gasteiger partial charge in [-0.3, -0.25) is 4.79 Å². The Hall–Kier alpha value is -2.96. The highest BCUT2D eigenvalue weighted by molar-refractivity contribution is 5.95. The summed E-state index contributed by atoms with van der Waals surface area (Å²) in [5.74, 6) is 1.67. The van der Waals surface area contributed by atoms with E-state index in [1.54, 1.807) is 15.8 Å². The maximum Gasteiger partial charge on any atom is 0.257 e. The molecule has 7 heteroatoms. The molecule has 1 fully saturated rings. The van der Waals surface area contributed by atoms with Gasteiger partial charge < -0.3 is 9.42 Å². The monoisotopic (exact) mass is 351 g/mol. The van der Waals surface area contributed by atoms with E-state index in [-0.39, 0.29) is 17.7 Å². The number of nitrogens with zero attached hydrogens (tertiary/aromatic N) is 5. The summed E-state index contributed by atoms with van der Waals surface area (Å²) in [6.07, 6.45) is 1.64. The zero-order valence-corrected chi connectivity index (χ0v) is 15.1. The largest absolute Gasteiger partial charge is 0.339 e. The van der Waals surface area contributed by atoms with Crippen LogP contribution >= 0.6 is 0 Å². The summed E-state index contributed by atoms with van der Waals surface area (Å²) < 4.78 is 7.12. The van der Waals surface area contributed by atoms with Crippen LogP contribution in [0.4, 0.5) is 0 Å². The molecule has 1 aromatic carbocycles. The van der Waals surface area contributed by atoms with Gasteiger partial charge in [0.05, 0.1) is 29.1 Å².